The lowest BCUT2D eigenvalue weighted by molar-refractivity contribution is -0.914. The summed E-state index contributed by atoms with van der Waals surface area (Å²) in [5, 5.41) is 0. The van der Waals surface area contributed by atoms with Crippen LogP contribution in [0.4, 0.5) is 19.1 Å². The van der Waals surface area contributed by atoms with Crippen LogP contribution < -0.4 is 9.80 Å². The predicted molar refractivity (Wildman–Crippen MR) is 80.1 cm³/mol. The molecule has 1 aromatic carbocycles. The molecule has 0 atom stereocenters. The van der Waals surface area contributed by atoms with Crippen LogP contribution in [0.3, 0.4) is 0 Å². The molecule has 1 aliphatic heterocycles. The maximum atomic E-state index is 12.6. The lowest BCUT2D eigenvalue weighted by atomic mass is 10.1. The van der Waals surface area contributed by atoms with E-state index < -0.39 is 11.7 Å². The maximum absolute atomic E-state index is 12.6. The Balaban J connectivity index is 1.55. The molecule has 1 aliphatic rings. The van der Waals surface area contributed by atoms with E-state index in [0.29, 0.717) is 0 Å². The molecule has 2 heterocycles. The van der Waals surface area contributed by atoms with Gasteiger partial charge in [-0.05, 0) is 18.2 Å². The van der Waals surface area contributed by atoms with Crippen molar-refractivity contribution in [3.63, 3.8) is 0 Å². The fourth-order valence-corrected chi connectivity index (χ4v) is 2.75. The van der Waals surface area contributed by atoms with Gasteiger partial charge in [-0.15, -0.1) is 0 Å². The summed E-state index contributed by atoms with van der Waals surface area (Å²) in [5.41, 5.74) is 0.333. The number of alkyl halides is 3. The molecule has 3 rings (SSSR count). The molecule has 0 spiro atoms. The highest BCUT2D eigenvalue weighted by molar-refractivity contribution is 5.28. The summed E-state index contributed by atoms with van der Waals surface area (Å²) in [4.78, 5) is 12.0. The molecule has 0 amide bonds. The molecule has 1 fully saturated rings. The van der Waals surface area contributed by atoms with E-state index in [0.717, 1.165) is 56.4 Å². The number of anilines is 1. The Labute approximate surface area is 132 Å². The number of nitrogens with one attached hydrogen (secondary N) is 1. The van der Waals surface area contributed by atoms with Crippen molar-refractivity contribution in [1.29, 1.82) is 0 Å². The van der Waals surface area contributed by atoms with E-state index in [2.05, 4.69) is 14.9 Å². The minimum atomic E-state index is -4.27. The first-order valence-corrected chi connectivity index (χ1v) is 7.54. The number of rotatable bonds is 3. The zero-order valence-electron chi connectivity index (χ0n) is 12.6. The Kier molecular flexibility index (Phi) is 4.47. The van der Waals surface area contributed by atoms with Crippen LogP contribution in [0, 0.1) is 0 Å². The summed E-state index contributed by atoms with van der Waals surface area (Å²) in [7, 11) is 0. The summed E-state index contributed by atoms with van der Waals surface area (Å²) in [6.45, 7) is 4.26. The minimum absolute atomic E-state index is 0.595. The van der Waals surface area contributed by atoms with Crippen molar-refractivity contribution in [3.8, 4) is 0 Å². The molecule has 0 aliphatic carbocycles. The van der Waals surface area contributed by atoms with Crippen LogP contribution in [0.5, 0.6) is 0 Å². The van der Waals surface area contributed by atoms with E-state index in [1.54, 1.807) is 30.6 Å². The van der Waals surface area contributed by atoms with Crippen molar-refractivity contribution in [3.05, 3.63) is 53.9 Å². The Morgan fingerprint density at radius 2 is 1.61 bits per heavy atom. The van der Waals surface area contributed by atoms with Gasteiger partial charge in [0, 0.05) is 18.0 Å². The topological polar surface area (TPSA) is 33.5 Å². The van der Waals surface area contributed by atoms with E-state index in [4.69, 9.17) is 0 Å². The molecule has 1 aromatic heterocycles. The van der Waals surface area contributed by atoms with Gasteiger partial charge < -0.3 is 9.80 Å². The number of hydrogen-bond donors (Lipinski definition) is 1. The Hall–Kier alpha value is -2.15. The molecule has 23 heavy (non-hydrogen) atoms. The number of aromatic nitrogens is 2. The second-order valence-electron chi connectivity index (χ2n) is 5.66. The van der Waals surface area contributed by atoms with Crippen LogP contribution in [0.1, 0.15) is 11.1 Å². The quantitative estimate of drug-likeness (QED) is 0.927. The van der Waals surface area contributed by atoms with E-state index >= 15 is 0 Å². The molecule has 0 unspecified atom stereocenters. The highest BCUT2D eigenvalue weighted by Gasteiger charge is 2.30. The second-order valence-corrected chi connectivity index (χ2v) is 5.66. The fraction of sp³-hybridized carbons (Fsp3) is 0.375. The number of hydrogen-bond acceptors (Lipinski definition) is 3. The molecule has 0 saturated carbocycles. The van der Waals surface area contributed by atoms with Gasteiger partial charge in [0.15, 0.2) is 0 Å². The van der Waals surface area contributed by atoms with Gasteiger partial charge in [-0.1, -0.05) is 12.1 Å². The third-order valence-electron chi connectivity index (χ3n) is 4.04. The molecule has 2 aromatic rings. The molecule has 1 N–H and O–H groups in total. The summed E-state index contributed by atoms with van der Waals surface area (Å²) < 4.78 is 37.7. The molecule has 4 nitrogen and oxygen atoms in total. The van der Waals surface area contributed by atoms with E-state index in [1.165, 1.54) is 4.90 Å². The Bertz CT molecular complexity index is 620. The van der Waals surface area contributed by atoms with Crippen LogP contribution >= 0.6 is 0 Å². The van der Waals surface area contributed by atoms with Gasteiger partial charge in [-0.3, -0.25) is 0 Å². The molecule has 122 valence electrons. The largest absolute Gasteiger partial charge is 0.416 e. The van der Waals surface area contributed by atoms with Crippen molar-refractivity contribution >= 4 is 5.95 Å². The standard InChI is InChI=1S/C16H17F3N4/c17-16(18,19)14-4-2-13(3-5-14)12-22-8-10-23(11-9-22)15-20-6-1-7-21-15/h1-7H,8-12H2/p+1. The van der Waals surface area contributed by atoms with Gasteiger partial charge in [0.05, 0.1) is 31.7 Å². The first kappa shape index (κ1) is 15.7. The number of halogens is 3. The average molecular weight is 323 g/mol. The summed E-state index contributed by atoms with van der Waals surface area (Å²) in [6, 6.07) is 7.24. The van der Waals surface area contributed by atoms with Crippen molar-refractivity contribution in [1.82, 2.24) is 9.97 Å². The molecule has 1 saturated heterocycles. The van der Waals surface area contributed by atoms with Gasteiger partial charge in [-0.2, -0.15) is 13.2 Å². The van der Waals surface area contributed by atoms with Crippen LogP contribution in [0.2, 0.25) is 0 Å². The van der Waals surface area contributed by atoms with Gasteiger partial charge in [0.25, 0.3) is 0 Å². The average Bonchev–Trinajstić information content (AvgIpc) is 2.56. The van der Waals surface area contributed by atoms with Gasteiger partial charge in [0.2, 0.25) is 5.95 Å². The molecular formula is C16H18F3N4+. The highest BCUT2D eigenvalue weighted by atomic mass is 19.4. The van der Waals surface area contributed by atoms with E-state index in [-0.39, 0.29) is 0 Å². The van der Waals surface area contributed by atoms with E-state index in [9.17, 15) is 13.2 Å². The Morgan fingerprint density at radius 3 is 2.17 bits per heavy atom. The van der Waals surface area contributed by atoms with Crippen molar-refractivity contribution < 1.29 is 18.1 Å². The smallest absolute Gasteiger partial charge is 0.330 e. The third kappa shape index (κ3) is 3.98. The molecule has 7 heteroatoms. The third-order valence-corrected chi connectivity index (χ3v) is 4.04. The molecular weight excluding hydrogens is 305 g/mol. The van der Waals surface area contributed by atoms with Crippen LogP contribution in [-0.4, -0.2) is 36.1 Å². The SMILES string of the molecule is FC(F)(F)c1ccc(C[NH+]2CCN(c3ncccn3)CC2)cc1. The zero-order chi connectivity index (χ0) is 16.3. The first-order chi connectivity index (χ1) is 11.0. The maximum Gasteiger partial charge on any atom is 0.416 e. The predicted octanol–water partition coefficient (Wildman–Crippen LogP) is 1.40. The number of quaternary nitrogens is 1. The summed E-state index contributed by atoms with van der Waals surface area (Å²) in [6.07, 6.45) is -0.819. The van der Waals surface area contributed by atoms with Crippen molar-refractivity contribution in [2.75, 3.05) is 31.1 Å². The second kappa shape index (κ2) is 6.54. The highest BCUT2D eigenvalue weighted by Crippen LogP contribution is 2.28. The van der Waals surface area contributed by atoms with Gasteiger partial charge in [-0.25, -0.2) is 9.97 Å². The Morgan fingerprint density at radius 1 is 1.00 bits per heavy atom. The van der Waals surface area contributed by atoms with Crippen LogP contribution in [0.15, 0.2) is 42.7 Å². The lowest BCUT2D eigenvalue weighted by Crippen LogP contribution is -3.13. The van der Waals surface area contributed by atoms with Crippen LogP contribution in [0.25, 0.3) is 0 Å². The minimum Gasteiger partial charge on any atom is -0.330 e. The number of nitrogens with zero attached hydrogens (tertiary/aromatic N) is 3. The van der Waals surface area contributed by atoms with Crippen molar-refractivity contribution in [2.24, 2.45) is 0 Å². The van der Waals surface area contributed by atoms with Crippen molar-refractivity contribution in [2.45, 2.75) is 12.7 Å². The fourth-order valence-electron chi connectivity index (χ4n) is 2.75. The summed E-state index contributed by atoms with van der Waals surface area (Å²) in [5.74, 6) is 0.737. The first-order valence-electron chi connectivity index (χ1n) is 7.54. The summed E-state index contributed by atoms with van der Waals surface area (Å²) >= 11 is 0. The van der Waals surface area contributed by atoms with E-state index in [1.807, 2.05) is 0 Å². The zero-order valence-corrected chi connectivity index (χ0v) is 12.6. The number of piperazine rings is 1. The number of benzene rings is 1. The monoisotopic (exact) mass is 323 g/mol. The van der Waals surface area contributed by atoms with Gasteiger partial charge >= 0.3 is 6.18 Å². The normalized spacial score (nSPS) is 16.6. The molecule has 0 radical (unpaired) electrons. The van der Waals surface area contributed by atoms with Gasteiger partial charge in [0.1, 0.15) is 6.54 Å². The lowest BCUT2D eigenvalue weighted by Gasteiger charge is -2.32. The molecule has 0 bridgehead atoms. The van der Waals surface area contributed by atoms with Crippen LogP contribution in [-0.2, 0) is 12.7 Å².